The van der Waals surface area contributed by atoms with Crippen LogP contribution in [0.15, 0.2) is 29.6 Å². The van der Waals surface area contributed by atoms with E-state index in [-0.39, 0.29) is 6.04 Å². The highest BCUT2D eigenvalue weighted by atomic mass is 35.5. The first-order valence-electron chi connectivity index (χ1n) is 6.81. The minimum atomic E-state index is -0.740. The third-order valence-corrected chi connectivity index (χ3v) is 4.85. The number of hydrogen-bond acceptors (Lipinski definition) is 4. The molecule has 21 heavy (non-hydrogen) atoms. The van der Waals surface area contributed by atoms with Crippen LogP contribution in [0.25, 0.3) is 11.3 Å². The lowest BCUT2D eigenvalue weighted by Crippen LogP contribution is -2.35. The van der Waals surface area contributed by atoms with E-state index < -0.39 is 5.97 Å². The van der Waals surface area contributed by atoms with Gasteiger partial charge in [-0.3, -0.25) is 9.69 Å². The first kappa shape index (κ1) is 14.5. The molecule has 0 aliphatic carbocycles. The van der Waals surface area contributed by atoms with Crippen LogP contribution >= 0.6 is 22.9 Å². The standard InChI is InChI=1S/C15H15ClN2O2S/c16-11-5-2-1-4-10(11)12-9-21-14(17-12)8-18-7-3-6-13(18)15(19)20/h1-2,4-5,9,13H,3,6-8H2,(H,19,20)/t13-/m0/s1. The van der Waals surface area contributed by atoms with Gasteiger partial charge in [-0.2, -0.15) is 0 Å². The minimum absolute atomic E-state index is 0.377. The van der Waals surface area contributed by atoms with Crippen LogP contribution in [0.4, 0.5) is 0 Å². The number of aromatic nitrogens is 1. The number of carboxylic acids is 1. The Morgan fingerprint density at radius 2 is 2.29 bits per heavy atom. The summed E-state index contributed by atoms with van der Waals surface area (Å²) in [4.78, 5) is 17.8. The molecule has 4 nitrogen and oxygen atoms in total. The number of aliphatic carboxylic acids is 1. The molecule has 2 heterocycles. The van der Waals surface area contributed by atoms with E-state index in [1.165, 1.54) is 0 Å². The summed E-state index contributed by atoms with van der Waals surface area (Å²) >= 11 is 7.73. The molecule has 1 aromatic heterocycles. The topological polar surface area (TPSA) is 53.4 Å². The highest BCUT2D eigenvalue weighted by molar-refractivity contribution is 7.09. The molecule has 3 rings (SSSR count). The summed E-state index contributed by atoms with van der Waals surface area (Å²) < 4.78 is 0. The van der Waals surface area contributed by atoms with Crippen molar-refractivity contribution in [2.24, 2.45) is 0 Å². The smallest absolute Gasteiger partial charge is 0.320 e. The molecule has 1 saturated heterocycles. The third-order valence-electron chi connectivity index (χ3n) is 3.69. The molecule has 1 aromatic carbocycles. The van der Waals surface area contributed by atoms with Gasteiger partial charge in [-0.15, -0.1) is 11.3 Å². The quantitative estimate of drug-likeness (QED) is 0.936. The van der Waals surface area contributed by atoms with Crippen molar-refractivity contribution in [3.05, 3.63) is 39.7 Å². The van der Waals surface area contributed by atoms with Crippen molar-refractivity contribution in [3.8, 4) is 11.3 Å². The van der Waals surface area contributed by atoms with Gasteiger partial charge in [-0.05, 0) is 25.5 Å². The third kappa shape index (κ3) is 3.10. The minimum Gasteiger partial charge on any atom is -0.480 e. The first-order chi connectivity index (χ1) is 10.1. The number of thiazole rings is 1. The van der Waals surface area contributed by atoms with Crippen LogP contribution in [0.2, 0.25) is 5.02 Å². The maximum Gasteiger partial charge on any atom is 0.320 e. The van der Waals surface area contributed by atoms with Gasteiger partial charge in [0, 0.05) is 16.0 Å². The molecule has 0 saturated carbocycles. The molecule has 1 atom stereocenters. The van der Waals surface area contributed by atoms with Crippen molar-refractivity contribution in [2.75, 3.05) is 6.54 Å². The summed E-state index contributed by atoms with van der Waals surface area (Å²) in [6.45, 7) is 1.41. The van der Waals surface area contributed by atoms with Gasteiger partial charge >= 0.3 is 5.97 Å². The SMILES string of the molecule is O=C(O)[C@@H]1CCCN1Cc1nc(-c2ccccc2Cl)cs1. The van der Waals surface area contributed by atoms with Crippen molar-refractivity contribution in [3.63, 3.8) is 0 Å². The van der Waals surface area contributed by atoms with Crippen molar-refractivity contribution < 1.29 is 9.90 Å². The highest BCUT2D eigenvalue weighted by Gasteiger charge is 2.30. The molecule has 0 bridgehead atoms. The van der Waals surface area contributed by atoms with Crippen LogP contribution in [0.5, 0.6) is 0 Å². The van der Waals surface area contributed by atoms with Gasteiger partial charge in [-0.25, -0.2) is 4.98 Å². The zero-order valence-electron chi connectivity index (χ0n) is 11.3. The predicted octanol–water partition coefficient (Wildman–Crippen LogP) is 3.51. The van der Waals surface area contributed by atoms with Crippen molar-refractivity contribution in [1.29, 1.82) is 0 Å². The van der Waals surface area contributed by atoms with Crippen molar-refractivity contribution >= 4 is 28.9 Å². The Hall–Kier alpha value is -1.43. The fourth-order valence-corrected chi connectivity index (χ4v) is 3.70. The highest BCUT2D eigenvalue weighted by Crippen LogP contribution is 2.29. The summed E-state index contributed by atoms with van der Waals surface area (Å²) in [6, 6.07) is 7.23. The zero-order valence-corrected chi connectivity index (χ0v) is 12.9. The lowest BCUT2D eigenvalue weighted by atomic mass is 10.2. The summed E-state index contributed by atoms with van der Waals surface area (Å²) in [5.41, 5.74) is 1.77. The summed E-state index contributed by atoms with van der Waals surface area (Å²) in [5.74, 6) is -0.740. The Labute approximate surface area is 132 Å². The normalized spacial score (nSPS) is 19.0. The molecule has 1 N–H and O–H groups in total. The Morgan fingerprint density at radius 1 is 1.48 bits per heavy atom. The predicted molar refractivity (Wildman–Crippen MR) is 83.6 cm³/mol. The largest absolute Gasteiger partial charge is 0.480 e. The summed E-state index contributed by atoms with van der Waals surface area (Å²) in [7, 11) is 0. The molecule has 1 aliphatic heterocycles. The zero-order chi connectivity index (χ0) is 14.8. The Morgan fingerprint density at radius 3 is 3.05 bits per heavy atom. The van der Waals surface area contributed by atoms with Gasteiger partial charge in [0.15, 0.2) is 0 Å². The molecule has 2 aromatic rings. The van der Waals surface area contributed by atoms with E-state index in [4.69, 9.17) is 11.6 Å². The molecule has 0 spiro atoms. The molecular weight excluding hydrogens is 308 g/mol. The second-order valence-corrected chi connectivity index (χ2v) is 6.42. The Kier molecular flexibility index (Phi) is 4.24. The molecule has 0 radical (unpaired) electrons. The number of hydrogen-bond donors (Lipinski definition) is 1. The number of benzene rings is 1. The van der Waals surface area contributed by atoms with Crippen LogP contribution < -0.4 is 0 Å². The Balaban J connectivity index is 1.77. The average Bonchev–Trinajstić information content (AvgIpc) is 3.09. The van der Waals surface area contributed by atoms with E-state index in [1.807, 2.05) is 34.5 Å². The van der Waals surface area contributed by atoms with Gasteiger partial charge in [-0.1, -0.05) is 29.8 Å². The van der Waals surface area contributed by atoms with Crippen LogP contribution in [0.3, 0.4) is 0 Å². The molecule has 1 aliphatic rings. The van der Waals surface area contributed by atoms with E-state index in [2.05, 4.69) is 4.98 Å². The second-order valence-electron chi connectivity index (χ2n) is 5.07. The van der Waals surface area contributed by atoms with Gasteiger partial charge in [0.05, 0.1) is 12.2 Å². The van der Waals surface area contributed by atoms with Crippen molar-refractivity contribution in [2.45, 2.75) is 25.4 Å². The molecule has 0 amide bonds. The molecular formula is C15H15ClN2O2S. The van der Waals surface area contributed by atoms with Crippen LogP contribution in [0, 0.1) is 0 Å². The molecule has 110 valence electrons. The maximum atomic E-state index is 11.2. The van der Waals surface area contributed by atoms with Crippen molar-refractivity contribution in [1.82, 2.24) is 9.88 Å². The number of likely N-dealkylation sites (tertiary alicyclic amines) is 1. The van der Waals surface area contributed by atoms with E-state index in [0.717, 1.165) is 35.7 Å². The van der Waals surface area contributed by atoms with Crippen LogP contribution in [-0.4, -0.2) is 33.5 Å². The number of halogens is 1. The lowest BCUT2D eigenvalue weighted by Gasteiger charge is -2.19. The van der Waals surface area contributed by atoms with E-state index in [1.54, 1.807) is 11.3 Å². The average molecular weight is 323 g/mol. The molecule has 6 heteroatoms. The van der Waals surface area contributed by atoms with Gasteiger partial charge in [0.25, 0.3) is 0 Å². The van der Waals surface area contributed by atoms with E-state index in [9.17, 15) is 9.90 Å². The molecule has 1 fully saturated rings. The van der Waals surface area contributed by atoms with E-state index in [0.29, 0.717) is 11.6 Å². The Bertz CT molecular complexity index is 659. The second kappa shape index (κ2) is 6.13. The van der Waals surface area contributed by atoms with E-state index >= 15 is 0 Å². The summed E-state index contributed by atoms with van der Waals surface area (Å²) in [5, 5.41) is 12.8. The number of carboxylic acid groups (broad SMARTS) is 1. The fraction of sp³-hybridized carbons (Fsp3) is 0.333. The number of carbonyl (C=O) groups is 1. The maximum absolute atomic E-state index is 11.2. The molecule has 0 unspecified atom stereocenters. The summed E-state index contributed by atoms with van der Waals surface area (Å²) in [6.07, 6.45) is 1.65. The van der Waals surface area contributed by atoms with Gasteiger partial charge < -0.3 is 5.11 Å². The van der Waals surface area contributed by atoms with Gasteiger partial charge in [0.2, 0.25) is 0 Å². The first-order valence-corrected chi connectivity index (χ1v) is 8.07. The van der Waals surface area contributed by atoms with Crippen LogP contribution in [-0.2, 0) is 11.3 Å². The fourth-order valence-electron chi connectivity index (χ4n) is 2.64. The monoisotopic (exact) mass is 322 g/mol. The van der Waals surface area contributed by atoms with Crippen LogP contribution in [0.1, 0.15) is 17.8 Å². The number of nitrogens with zero attached hydrogens (tertiary/aromatic N) is 2. The van der Waals surface area contributed by atoms with Gasteiger partial charge in [0.1, 0.15) is 11.0 Å². The lowest BCUT2D eigenvalue weighted by molar-refractivity contribution is -0.142. The number of rotatable bonds is 4.